The van der Waals surface area contributed by atoms with Gasteiger partial charge in [0.1, 0.15) is 0 Å². The van der Waals surface area contributed by atoms with Crippen molar-refractivity contribution in [2.24, 2.45) is 51.8 Å². The number of ether oxygens (including phenoxy) is 1. The van der Waals surface area contributed by atoms with E-state index in [1.807, 2.05) is 13.8 Å². The molecule has 0 aromatic carbocycles. The Morgan fingerprint density at radius 3 is 2.38 bits per heavy atom. The number of methoxy groups -OCH3 is 1. The Morgan fingerprint density at radius 2 is 1.71 bits per heavy atom. The third-order valence-electron chi connectivity index (χ3n) is 12.0. The van der Waals surface area contributed by atoms with Crippen molar-refractivity contribution < 1.29 is 14.9 Å². The van der Waals surface area contributed by atoms with Gasteiger partial charge in [0.2, 0.25) is 0 Å². The van der Waals surface area contributed by atoms with Crippen molar-refractivity contribution in [2.45, 2.75) is 117 Å². The van der Waals surface area contributed by atoms with Crippen molar-refractivity contribution in [3.8, 4) is 6.07 Å². The van der Waals surface area contributed by atoms with E-state index < -0.39 is 17.1 Å². The highest BCUT2D eigenvalue weighted by molar-refractivity contribution is 5.11. The van der Waals surface area contributed by atoms with Gasteiger partial charge in [0.15, 0.2) is 0 Å². The quantitative estimate of drug-likeness (QED) is 0.452. The number of fused-ring (bicyclic) bond motifs is 5. The number of hydrogen-bond donors (Lipinski definition) is 2. The zero-order valence-corrected chi connectivity index (χ0v) is 22.8. The van der Waals surface area contributed by atoms with Gasteiger partial charge in [-0.2, -0.15) is 5.26 Å². The van der Waals surface area contributed by atoms with Crippen molar-refractivity contribution in [3.05, 3.63) is 0 Å². The molecule has 2 N–H and O–H groups in total. The first kappa shape index (κ1) is 26.4. The van der Waals surface area contributed by atoms with Crippen molar-refractivity contribution in [3.63, 3.8) is 0 Å². The van der Waals surface area contributed by atoms with Crippen LogP contribution in [0, 0.1) is 63.1 Å². The van der Waals surface area contributed by atoms with Crippen LogP contribution >= 0.6 is 0 Å². The average molecular weight is 474 g/mol. The summed E-state index contributed by atoms with van der Waals surface area (Å²) in [6.07, 6.45) is 12.2. The molecule has 4 fully saturated rings. The van der Waals surface area contributed by atoms with Crippen LogP contribution in [0.1, 0.15) is 105 Å². The van der Waals surface area contributed by atoms with Gasteiger partial charge in [0.25, 0.3) is 0 Å². The maximum Gasteiger partial charge on any atom is 0.0883 e. The molecule has 0 spiro atoms. The molecule has 4 rings (SSSR count). The first-order valence-electron chi connectivity index (χ1n) is 14.2. The molecule has 0 radical (unpaired) electrons. The van der Waals surface area contributed by atoms with Gasteiger partial charge < -0.3 is 14.9 Å². The Bertz CT molecular complexity index is 776. The van der Waals surface area contributed by atoms with Crippen LogP contribution in [0.25, 0.3) is 0 Å². The van der Waals surface area contributed by atoms with Crippen LogP contribution in [-0.4, -0.2) is 35.6 Å². The number of nitrogens with zero attached hydrogens (tertiary/aromatic N) is 1. The van der Waals surface area contributed by atoms with Crippen molar-refractivity contribution in [2.75, 3.05) is 13.7 Å². The first-order chi connectivity index (χ1) is 15.9. The zero-order valence-electron chi connectivity index (χ0n) is 22.8. The van der Waals surface area contributed by atoms with Gasteiger partial charge in [-0.1, -0.05) is 20.8 Å². The number of rotatable bonds is 7. The van der Waals surface area contributed by atoms with Gasteiger partial charge in [0, 0.05) is 7.11 Å². The fourth-order valence-corrected chi connectivity index (χ4v) is 9.75. The maximum atomic E-state index is 11.1. The SMILES string of the molecule is COC[C@]1(O)CCC2(C)C3CCC4(C)C(CCC4[C@H](C)CCC(O)C(C)(C)C#N)C3CC[C@H]2C1. The molecule has 7 unspecified atom stereocenters. The smallest absolute Gasteiger partial charge is 0.0883 e. The van der Waals surface area contributed by atoms with Crippen LogP contribution < -0.4 is 0 Å². The van der Waals surface area contributed by atoms with Crippen molar-refractivity contribution >= 4 is 0 Å². The van der Waals surface area contributed by atoms with Crippen LogP contribution in [0.15, 0.2) is 0 Å². The summed E-state index contributed by atoms with van der Waals surface area (Å²) in [4.78, 5) is 0. The van der Waals surface area contributed by atoms with E-state index in [-0.39, 0.29) is 0 Å². The lowest BCUT2D eigenvalue weighted by Gasteiger charge is -2.62. The van der Waals surface area contributed by atoms with Crippen LogP contribution in [0.3, 0.4) is 0 Å². The second kappa shape index (κ2) is 9.35. The molecule has 0 aromatic rings. The molecule has 34 heavy (non-hydrogen) atoms. The highest BCUT2D eigenvalue weighted by atomic mass is 16.5. The van der Waals surface area contributed by atoms with Gasteiger partial charge in [-0.05, 0) is 131 Å². The van der Waals surface area contributed by atoms with Crippen LogP contribution in [-0.2, 0) is 4.74 Å². The zero-order chi connectivity index (χ0) is 24.9. The minimum atomic E-state index is -0.663. The summed E-state index contributed by atoms with van der Waals surface area (Å²) in [5, 5.41) is 31.1. The van der Waals surface area contributed by atoms with E-state index in [0.29, 0.717) is 29.3 Å². The number of hydrogen-bond acceptors (Lipinski definition) is 4. The molecule has 4 saturated carbocycles. The van der Waals surface area contributed by atoms with E-state index in [0.717, 1.165) is 55.8 Å². The molecule has 194 valence electrons. The molecule has 0 aromatic heterocycles. The van der Waals surface area contributed by atoms with E-state index >= 15 is 0 Å². The average Bonchev–Trinajstić information content (AvgIpc) is 3.15. The normalized spacial score (nSPS) is 46.0. The molecule has 0 saturated heterocycles. The Kier molecular flexibility index (Phi) is 7.27. The fraction of sp³-hybridized carbons (Fsp3) is 0.967. The molecule has 4 aliphatic rings. The highest BCUT2D eigenvalue weighted by Gasteiger charge is 2.61. The topological polar surface area (TPSA) is 73.5 Å². The largest absolute Gasteiger partial charge is 0.391 e. The maximum absolute atomic E-state index is 11.1. The molecule has 4 heteroatoms. The molecule has 4 aliphatic carbocycles. The minimum absolute atomic E-state index is 0.376. The van der Waals surface area contributed by atoms with Crippen LogP contribution in [0.2, 0.25) is 0 Å². The molecule has 0 bridgehead atoms. The second-order valence-corrected chi connectivity index (χ2v) is 14.2. The summed E-state index contributed by atoms with van der Waals surface area (Å²) in [6, 6.07) is 2.28. The van der Waals surface area contributed by atoms with Gasteiger partial charge in [-0.15, -0.1) is 0 Å². The lowest BCUT2D eigenvalue weighted by Crippen LogP contribution is -2.56. The fourth-order valence-electron chi connectivity index (χ4n) is 9.75. The van der Waals surface area contributed by atoms with E-state index in [1.54, 1.807) is 7.11 Å². The molecule has 4 nitrogen and oxygen atoms in total. The standard InChI is InChI=1S/C30H51NO3/c1-20(7-12-26(32)27(2,3)18-31)23-10-11-24-22-9-8-21-17-30(33,19-34-6)16-15-28(21,4)25(22)13-14-29(23,24)5/h20-26,32-33H,7-17,19H2,1-6H3/t20-,21+,22?,23?,24?,25?,26?,28?,29?,30+/m1/s1. The summed E-state index contributed by atoms with van der Waals surface area (Å²) in [5.41, 5.74) is -0.483. The Morgan fingerprint density at radius 1 is 1.00 bits per heavy atom. The van der Waals surface area contributed by atoms with Crippen molar-refractivity contribution in [1.29, 1.82) is 5.26 Å². The van der Waals surface area contributed by atoms with Gasteiger partial charge >= 0.3 is 0 Å². The Labute approximate surface area is 208 Å². The second-order valence-electron chi connectivity index (χ2n) is 14.2. The highest BCUT2D eigenvalue weighted by Crippen LogP contribution is 2.69. The number of aliphatic hydroxyl groups is 2. The third kappa shape index (κ3) is 4.37. The predicted octanol–water partition coefficient (Wildman–Crippen LogP) is 6.35. The summed E-state index contributed by atoms with van der Waals surface area (Å²) in [6.45, 7) is 11.8. The van der Waals surface area contributed by atoms with Gasteiger partial charge in [0.05, 0.1) is 29.8 Å². The van der Waals surface area contributed by atoms with Crippen LogP contribution in [0.4, 0.5) is 0 Å². The molecule has 0 aliphatic heterocycles. The van der Waals surface area contributed by atoms with E-state index in [2.05, 4.69) is 26.8 Å². The summed E-state index contributed by atoms with van der Waals surface area (Å²) in [7, 11) is 1.72. The Hall–Kier alpha value is -0.630. The minimum Gasteiger partial charge on any atom is -0.391 e. The lowest BCUT2D eigenvalue weighted by molar-refractivity contribution is -0.163. The van der Waals surface area contributed by atoms with E-state index in [4.69, 9.17) is 4.74 Å². The van der Waals surface area contributed by atoms with Crippen LogP contribution in [0.5, 0.6) is 0 Å². The third-order valence-corrected chi connectivity index (χ3v) is 12.0. The first-order valence-corrected chi connectivity index (χ1v) is 14.2. The van der Waals surface area contributed by atoms with Gasteiger partial charge in [-0.3, -0.25) is 0 Å². The molecular formula is C30H51NO3. The molecule has 0 amide bonds. The Balaban J connectivity index is 1.44. The molecule has 10 atom stereocenters. The summed E-state index contributed by atoms with van der Waals surface area (Å²) >= 11 is 0. The van der Waals surface area contributed by atoms with Crippen molar-refractivity contribution in [1.82, 2.24) is 0 Å². The lowest BCUT2D eigenvalue weighted by atomic mass is 9.43. The number of aliphatic hydroxyl groups excluding tert-OH is 1. The monoisotopic (exact) mass is 473 g/mol. The summed E-state index contributed by atoms with van der Waals surface area (Å²) < 4.78 is 5.39. The molecule has 0 heterocycles. The summed E-state index contributed by atoms with van der Waals surface area (Å²) in [5.74, 6) is 4.45. The van der Waals surface area contributed by atoms with E-state index in [1.165, 1.54) is 38.5 Å². The predicted molar refractivity (Wildman–Crippen MR) is 136 cm³/mol. The molecular weight excluding hydrogens is 422 g/mol. The van der Waals surface area contributed by atoms with Gasteiger partial charge in [-0.25, -0.2) is 0 Å². The number of nitriles is 1. The van der Waals surface area contributed by atoms with E-state index in [9.17, 15) is 15.5 Å².